The molecule has 0 aliphatic rings. The quantitative estimate of drug-likeness (QED) is 0.319. The minimum Gasteiger partial charge on any atom is -0.368 e. The Labute approximate surface area is 199 Å². The van der Waals surface area contributed by atoms with Gasteiger partial charge in [0.2, 0.25) is 5.91 Å². The van der Waals surface area contributed by atoms with Crippen molar-refractivity contribution in [1.29, 1.82) is 0 Å². The van der Waals surface area contributed by atoms with Crippen LogP contribution in [0.5, 0.6) is 0 Å². The predicted octanol–water partition coefficient (Wildman–Crippen LogP) is 3.90. The van der Waals surface area contributed by atoms with Crippen LogP contribution >= 0.6 is 34.5 Å². The maximum atomic E-state index is 12.1. The summed E-state index contributed by atoms with van der Waals surface area (Å²) in [6.45, 7) is 3.32. The molecule has 3 aromatic rings. The van der Waals surface area contributed by atoms with Crippen molar-refractivity contribution in [3.8, 4) is 11.4 Å². The van der Waals surface area contributed by atoms with E-state index in [4.69, 9.17) is 23.2 Å². The standard InChI is InChI=1S/C21H22Cl2N6O2S/c1-13(30)24-8-9-25-18-12-19(29-20(28-18)14-2-4-15(22)5-3-14)26-10-11-27-21(31)16-6-7-17(23)32-16/h2-7,12H,8-11H2,1H3,(H,24,30)(H,27,31)(H2,25,26,28,29). The lowest BCUT2D eigenvalue weighted by Crippen LogP contribution is -2.28. The molecule has 2 heterocycles. The number of hydrogen-bond donors (Lipinski definition) is 4. The zero-order valence-electron chi connectivity index (χ0n) is 17.2. The van der Waals surface area contributed by atoms with Crippen molar-refractivity contribution in [3.05, 3.63) is 56.7 Å². The van der Waals surface area contributed by atoms with Gasteiger partial charge < -0.3 is 21.3 Å². The molecule has 0 aliphatic carbocycles. The van der Waals surface area contributed by atoms with E-state index in [9.17, 15) is 9.59 Å². The van der Waals surface area contributed by atoms with Crippen LogP contribution in [0.2, 0.25) is 9.36 Å². The van der Waals surface area contributed by atoms with Gasteiger partial charge >= 0.3 is 0 Å². The number of nitrogens with zero attached hydrogens (tertiary/aromatic N) is 2. The van der Waals surface area contributed by atoms with Gasteiger partial charge in [0.25, 0.3) is 5.91 Å². The molecule has 0 saturated heterocycles. The highest BCUT2D eigenvalue weighted by Gasteiger charge is 2.09. The van der Waals surface area contributed by atoms with Crippen molar-refractivity contribution in [2.75, 3.05) is 36.8 Å². The first-order chi connectivity index (χ1) is 15.4. The van der Waals surface area contributed by atoms with E-state index < -0.39 is 0 Å². The first-order valence-corrected chi connectivity index (χ1v) is 11.4. The van der Waals surface area contributed by atoms with E-state index in [1.165, 1.54) is 18.3 Å². The molecule has 0 aliphatic heterocycles. The molecular formula is C21H22Cl2N6O2S. The number of hydrogen-bond acceptors (Lipinski definition) is 7. The van der Waals surface area contributed by atoms with Gasteiger partial charge in [-0.2, -0.15) is 0 Å². The zero-order chi connectivity index (χ0) is 22.9. The summed E-state index contributed by atoms with van der Waals surface area (Å²) in [7, 11) is 0. The number of carbonyl (C=O) groups excluding carboxylic acids is 2. The molecule has 168 valence electrons. The van der Waals surface area contributed by atoms with Crippen LogP contribution in [0.1, 0.15) is 16.6 Å². The summed E-state index contributed by atoms with van der Waals surface area (Å²) in [6, 6.07) is 12.4. The second-order valence-electron chi connectivity index (χ2n) is 6.67. The largest absolute Gasteiger partial charge is 0.368 e. The summed E-state index contributed by atoms with van der Waals surface area (Å²) in [5.41, 5.74) is 0.811. The third-order valence-electron chi connectivity index (χ3n) is 4.15. The lowest BCUT2D eigenvalue weighted by Gasteiger charge is -2.12. The SMILES string of the molecule is CC(=O)NCCNc1cc(NCCNC(=O)c2ccc(Cl)s2)nc(-c2ccc(Cl)cc2)n1. The Bertz CT molecular complexity index is 1070. The van der Waals surface area contributed by atoms with Crippen LogP contribution in [-0.4, -0.2) is 48.0 Å². The molecule has 0 atom stereocenters. The first-order valence-electron chi connectivity index (χ1n) is 9.81. The number of carbonyl (C=O) groups is 2. The second kappa shape index (κ2) is 11.7. The van der Waals surface area contributed by atoms with Crippen molar-refractivity contribution in [1.82, 2.24) is 20.6 Å². The molecule has 2 aromatic heterocycles. The van der Waals surface area contributed by atoms with Gasteiger partial charge in [0.05, 0.1) is 9.21 Å². The van der Waals surface area contributed by atoms with Crippen LogP contribution in [-0.2, 0) is 4.79 Å². The summed E-state index contributed by atoms with van der Waals surface area (Å²) < 4.78 is 0.572. The van der Waals surface area contributed by atoms with Crippen LogP contribution in [0.15, 0.2) is 42.5 Å². The van der Waals surface area contributed by atoms with E-state index in [0.717, 1.165) is 5.56 Å². The maximum Gasteiger partial charge on any atom is 0.261 e. The summed E-state index contributed by atoms with van der Waals surface area (Å²) in [5, 5.41) is 12.6. The van der Waals surface area contributed by atoms with E-state index in [-0.39, 0.29) is 11.8 Å². The second-order valence-corrected chi connectivity index (χ2v) is 8.82. The molecule has 0 spiro atoms. The number of amides is 2. The smallest absolute Gasteiger partial charge is 0.261 e. The van der Waals surface area contributed by atoms with Crippen LogP contribution in [0.4, 0.5) is 11.6 Å². The highest BCUT2D eigenvalue weighted by molar-refractivity contribution is 7.18. The molecule has 0 radical (unpaired) electrons. The number of aromatic nitrogens is 2. The Morgan fingerprint density at radius 3 is 2.06 bits per heavy atom. The van der Waals surface area contributed by atoms with Crippen molar-refractivity contribution in [2.45, 2.75) is 6.92 Å². The van der Waals surface area contributed by atoms with Crippen molar-refractivity contribution in [2.24, 2.45) is 0 Å². The van der Waals surface area contributed by atoms with E-state index in [1.54, 1.807) is 30.3 Å². The third-order valence-corrected chi connectivity index (χ3v) is 5.63. The summed E-state index contributed by atoms with van der Waals surface area (Å²) in [4.78, 5) is 32.8. The molecule has 1 aromatic carbocycles. The monoisotopic (exact) mass is 492 g/mol. The fourth-order valence-electron chi connectivity index (χ4n) is 2.68. The number of thiophene rings is 1. The molecule has 8 nitrogen and oxygen atoms in total. The average molecular weight is 493 g/mol. The number of anilines is 2. The highest BCUT2D eigenvalue weighted by Crippen LogP contribution is 2.22. The molecular weight excluding hydrogens is 471 g/mol. The highest BCUT2D eigenvalue weighted by atomic mass is 35.5. The summed E-state index contributed by atoms with van der Waals surface area (Å²) >= 11 is 13.1. The van der Waals surface area contributed by atoms with Gasteiger partial charge in [0.15, 0.2) is 5.82 Å². The maximum absolute atomic E-state index is 12.1. The van der Waals surface area contributed by atoms with E-state index in [2.05, 4.69) is 31.2 Å². The molecule has 32 heavy (non-hydrogen) atoms. The molecule has 0 saturated carbocycles. The van der Waals surface area contributed by atoms with E-state index in [1.807, 2.05) is 12.1 Å². The zero-order valence-corrected chi connectivity index (χ0v) is 19.6. The van der Waals surface area contributed by atoms with Crippen molar-refractivity contribution in [3.63, 3.8) is 0 Å². The van der Waals surface area contributed by atoms with Crippen LogP contribution in [0.25, 0.3) is 11.4 Å². The minimum absolute atomic E-state index is 0.0921. The van der Waals surface area contributed by atoms with Crippen LogP contribution in [0.3, 0.4) is 0 Å². The lowest BCUT2D eigenvalue weighted by atomic mass is 10.2. The number of benzene rings is 1. The van der Waals surface area contributed by atoms with E-state index in [0.29, 0.717) is 57.9 Å². The van der Waals surface area contributed by atoms with Gasteiger partial charge in [-0.25, -0.2) is 9.97 Å². The molecule has 11 heteroatoms. The van der Waals surface area contributed by atoms with Gasteiger partial charge in [-0.15, -0.1) is 11.3 Å². The van der Waals surface area contributed by atoms with Crippen LogP contribution < -0.4 is 21.3 Å². The number of halogens is 2. The fraction of sp³-hybridized carbons (Fsp3) is 0.238. The van der Waals surface area contributed by atoms with Gasteiger partial charge in [0.1, 0.15) is 11.6 Å². The van der Waals surface area contributed by atoms with Gasteiger partial charge in [-0.05, 0) is 36.4 Å². The van der Waals surface area contributed by atoms with Crippen LogP contribution in [0, 0.1) is 0 Å². The molecule has 0 unspecified atom stereocenters. The first kappa shape index (κ1) is 23.8. The topological polar surface area (TPSA) is 108 Å². The van der Waals surface area contributed by atoms with Gasteiger partial charge in [-0.1, -0.05) is 23.2 Å². The van der Waals surface area contributed by atoms with Crippen molar-refractivity contribution < 1.29 is 9.59 Å². The number of rotatable bonds is 10. The lowest BCUT2D eigenvalue weighted by molar-refractivity contribution is -0.118. The predicted molar refractivity (Wildman–Crippen MR) is 130 cm³/mol. The molecule has 0 fully saturated rings. The average Bonchev–Trinajstić information content (AvgIpc) is 3.21. The van der Waals surface area contributed by atoms with Gasteiger partial charge in [-0.3, -0.25) is 9.59 Å². The number of nitrogens with one attached hydrogen (secondary N) is 4. The Hall–Kier alpha value is -2.88. The Morgan fingerprint density at radius 1 is 0.875 bits per heavy atom. The van der Waals surface area contributed by atoms with E-state index >= 15 is 0 Å². The Kier molecular flexibility index (Phi) is 8.66. The minimum atomic E-state index is -0.173. The molecule has 2 amide bonds. The summed E-state index contributed by atoms with van der Waals surface area (Å²) in [5.74, 6) is 1.46. The Balaban J connectivity index is 1.64. The third kappa shape index (κ3) is 7.37. The molecule has 0 bridgehead atoms. The normalized spacial score (nSPS) is 10.5. The molecule has 4 N–H and O–H groups in total. The fourth-order valence-corrected chi connectivity index (χ4v) is 3.76. The Morgan fingerprint density at radius 2 is 1.50 bits per heavy atom. The van der Waals surface area contributed by atoms with Crippen molar-refractivity contribution >= 4 is 58.0 Å². The van der Waals surface area contributed by atoms with Gasteiger partial charge in [0, 0.05) is 49.8 Å². The molecule has 3 rings (SSSR count). The summed E-state index contributed by atoms with van der Waals surface area (Å²) in [6.07, 6.45) is 0.